The van der Waals surface area contributed by atoms with Gasteiger partial charge >= 0.3 is 5.97 Å². The first kappa shape index (κ1) is 27.0. The molecule has 2 aromatic carbocycles. The molecule has 0 N–H and O–H groups in total. The highest BCUT2D eigenvalue weighted by atomic mass is 32.2. The first-order valence-electron chi connectivity index (χ1n) is 12.7. The fourth-order valence-electron chi connectivity index (χ4n) is 4.93. The Hall–Kier alpha value is -2.09. The Morgan fingerprint density at radius 3 is 1.97 bits per heavy atom. The zero-order valence-corrected chi connectivity index (χ0v) is 24.5. The standard InChI is InChI=1S/C29H39NO4SSi/c1-19(34-36(7,8)28(2,3)4)22-25(31)30-24(29(5,6)35-26(22)30)27(32)33-23(20-15-11-9-12-16-20)21-17-13-10-14-18-21/h9-19,22-24,26H,1-8H3/t19-,22?,24+,26-/m1/s1. The maximum Gasteiger partial charge on any atom is 0.331 e. The van der Waals surface area contributed by atoms with E-state index >= 15 is 0 Å². The zero-order valence-electron chi connectivity index (χ0n) is 22.6. The summed E-state index contributed by atoms with van der Waals surface area (Å²) in [6, 6.07) is 18.9. The zero-order chi connectivity index (χ0) is 26.5. The average Bonchev–Trinajstić information content (AvgIpc) is 3.04. The van der Waals surface area contributed by atoms with Gasteiger partial charge in [-0.05, 0) is 50.0 Å². The Morgan fingerprint density at radius 2 is 1.50 bits per heavy atom. The van der Waals surface area contributed by atoms with E-state index in [0.717, 1.165) is 11.1 Å². The van der Waals surface area contributed by atoms with Crippen molar-refractivity contribution in [2.24, 2.45) is 5.92 Å². The number of hydrogen-bond acceptors (Lipinski definition) is 5. The molecule has 36 heavy (non-hydrogen) atoms. The highest BCUT2D eigenvalue weighted by Gasteiger charge is 2.65. The number of benzene rings is 2. The van der Waals surface area contributed by atoms with Gasteiger partial charge in [0.1, 0.15) is 6.04 Å². The second-order valence-corrected chi connectivity index (χ2v) is 18.5. The number of esters is 1. The van der Waals surface area contributed by atoms with Crippen molar-refractivity contribution in [2.75, 3.05) is 0 Å². The minimum absolute atomic E-state index is 0.0118. The normalized spacial score (nSPS) is 24.3. The van der Waals surface area contributed by atoms with E-state index in [9.17, 15) is 9.59 Å². The van der Waals surface area contributed by atoms with Crippen molar-refractivity contribution in [1.29, 1.82) is 0 Å². The number of thioether (sulfide) groups is 1. The number of rotatable bonds is 7. The molecule has 0 saturated carbocycles. The van der Waals surface area contributed by atoms with Crippen LogP contribution in [0.4, 0.5) is 0 Å². The number of carbonyl (C=O) groups is 2. The molecule has 4 atom stereocenters. The molecule has 0 spiro atoms. The molecule has 0 aliphatic carbocycles. The van der Waals surface area contributed by atoms with E-state index in [1.807, 2.05) is 81.4 Å². The van der Waals surface area contributed by atoms with E-state index in [1.54, 1.807) is 16.7 Å². The maximum atomic E-state index is 13.7. The van der Waals surface area contributed by atoms with Crippen LogP contribution in [0.25, 0.3) is 0 Å². The van der Waals surface area contributed by atoms with Crippen molar-refractivity contribution >= 4 is 32.0 Å². The van der Waals surface area contributed by atoms with Gasteiger partial charge in [0.25, 0.3) is 0 Å². The van der Waals surface area contributed by atoms with E-state index in [-0.39, 0.29) is 34.3 Å². The predicted octanol–water partition coefficient (Wildman–Crippen LogP) is 6.41. The summed E-state index contributed by atoms with van der Waals surface area (Å²) >= 11 is 1.69. The molecular weight excluding hydrogens is 486 g/mol. The Labute approximate surface area is 221 Å². The second-order valence-electron chi connectivity index (χ2n) is 12.0. The molecule has 0 aromatic heterocycles. The number of hydrogen-bond donors (Lipinski definition) is 0. The van der Waals surface area contributed by atoms with Gasteiger partial charge in [-0.3, -0.25) is 4.79 Å². The molecule has 0 bridgehead atoms. The third-order valence-corrected chi connectivity index (χ3v) is 14.1. The Bertz CT molecular complexity index is 1060. The highest BCUT2D eigenvalue weighted by Crippen LogP contribution is 2.55. The number of ether oxygens (including phenoxy) is 1. The van der Waals surface area contributed by atoms with Crippen LogP contribution in [0.1, 0.15) is 58.8 Å². The van der Waals surface area contributed by atoms with Gasteiger partial charge in [-0.25, -0.2) is 4.79 Å². The first-order chi connectivity index (χ1) is 16.7. The van der Waals surface area contributed by atoms with Gasteiger partial charge in [0.05, 0.1) is 17.4 Å². The van der Waals surface area contributed by atoms with Crippen molar-refractivity contribution in [2.45, 2.75) is 88.0 Å². The minimum atomic E-state index is -2.03. The summed E-state index contributed by atoms with van der Waals surface area (Å²) in [5.74, 6) is -0.625. The molecule has 7 heteroatoms. The molecule has 2 aliphatic rings. The maximum absolute atomic E-state index is 13.7. The first-order valence-corrected chi connectivity index (χ1v) is 16.5. The van der Waals surface area contributed by atoms with E-state index < -0.39 is 25.2 Å². The summed E-state index contributed by atoms with van der Waals surface area (Å²) in [4.78, 5) is 29.0. The number of nitrogens with zero attached hydrogens (tertiary/aromatic N) is 1. The lowest BCUT2D eigenvalue weighted by molar-refractivity contribution is -0.172. The number of fused-ring (bicyclic) bond motifs is 1. The van der Waals surface area contributed by atoms with Gasteiger partial charge in [-0.15, -0.1) is 11.8 Å². The van der Waals surface area contributed by atoms with Crippen LogP contribution in [0.15, 0.2) is 60.7 Å². The molecule has 4 rings (SSSR count). The molecular formula is C29H39NO4SSi. The molecule has 2 aliphatic heterocycles. The number of carbonyl (C=O) groups excluding carboxylic acids is 2. The van der Waals surface area contributed by atoms with Gasteiger partial charge in [-0.2, -0.15) is 0 Å². The molecule has 2 fully saturated rings. The third-order valence-electron chi connectivity index (χ3n) is 7.94. The topological polar surface area (TPSA) is 55.8 Å². The van der Waals surface area contributed by atoms with Crippen molar-refractivity contribution in [3.8, 4) is 0 Å². The Morgan fingerprint density at radius 1 is 1.00 bits per heavy atom. The predicted molar refractivity (Wildman–Crippen MR) is 148 cm³/mol. The van der Waals surface area contributed by atoms with Gasteiger partial charge in [0, 0.05) is 4.75 Å². The van der Waals surface area contributed by atoms with Crippen molar-refractivity contribution in [3.05, 3.63) is 71.8 Å². The summed E-state index contributed by atoms with van der Waals surface area (Å²) in [6.07, 6.45) is -0.730. The van der Waals surface area contributed by atoms with Crippen LogP contribution in [0, 0.1) is 5.92 Å². The molecule has 2 heterocycles. The Kier molecular flexibility index (Phi) is 7.23. The quantitative estimate of drug-likeness (QED) is 0.238. The van der Waals surface area contributed by atoms with Crippen LogP contribution in [0.2, 0.25) is 18.1 Å². The molecule has 1 amide bonds. The lowest BCUT2D eigenvalue weighted by Gasteiger charge is -2.49. The Balaban J connectivity index is 1.55. The van der Waals surface area contributed by atoms with Crippen molar-refractivity contribution in [1.82, 2.24) is 4.90 Å². The van der Waals surface area contributed by atoms with Crippen LogP contribution in [0.5, 0.6) is 0 Å². The SMILES string of the molecule is C[C@@H](O[Si](C)(C)C(C)(C)C)C1C(=O)N2[C@@H]1SC(C)(C)[C@@H]2C(=O)OC(c1ccccc1)c1ccccc1. The molecule has 2 aromatic rings. The molecule has 2 saturated heterocycles. The fourth-order valence-corrected chi connectivity index (χ4v) is 8.15. The lowest BCUT2D eigenvalue weighted by Crippen LogP contribution is -2.66. The van der Waals surface area contributed by atoms with Crippen LogP contribution >= 0.6 is 11.8 Å². The van der Waals surface area contributed by atoms with E-state index in [2.05, 4.69) is 33.9 Å². The van der Waals surface area contributed by atoms with Crippen LogP contribution < -0.4 is 0 Å². The van der Waals surface area contributed by atoms with Gasteiger partial charge in [0.15, 0.2) is 14.4 Å². The number of amides is 1. The average molecular weight is 526 g/mol. The van der Waals surface area contributed by atoms with Crippen LogP contribution in [-0.2, 0) is 18.8 Å². The van der Waals surface area contributed by atoms with E-state index in [1.165, 1.54) is 0 Å². The molecule has 5 nitrogen and oxygen atoms in total. The fraction of sp³-hybridized carbons (Fsp3) is 0.517. The smallest absolute Gasteiger partial charge is 0.331 e. The van der Waals surface area contributed by atoms with Gasteiger partial charge < -0.3 is 14.1 Å². The summed E-state index contributed by atoms with van der Waals surface area (Å²) in [5, 5.41) is -0.0248. The molecule has 194 valence electrons. The molecule has 1 unspecified atom stereocenters. The van der Waals surface area contributed by atoms with Crippen molar-refractivity contribution in [3.63, 3.8) is 0 Å². The third kappa shape index (κ3) is 4.90. The molecule has 0 radical (unpaired) electrons. The van der Waals surface area contributed by atoms with Gasteiger partial charge in [0.2, 0.25) is 5.91 Å². The lowest BCUT2D eigenvalue weighted by atomic mass is 9.88. The highest BCUT2D eigenvalue weighted by molar-refractivity contribution is 8.01. The van der Waals surface area contributed by atoms with Crippen LogP contribution in [0.3, 0.4) is 0 Å². The van der Waals surface area contributed by atoms with Crippen LogP contribution in [-0.4, -0.2) is 47.4 Å². The van der Waals surface area contributed by atoms with E-state index in [0.29, 0.717) is 0 Å². The monoisotopic (exact) mass is 525 g/mol. The summed E-state index contributed by atoms with van der Waals surface area (Å²) < 4.78 is 12.3. The van der Waals surface area contributed by atoms with Crippen molar-refractivity contribution < 1.29 is 18.8 Å². The number of β-lactam (4-membered cyclic amide) rings is 1. The second kappa shape index (κ2) is 9.65. The summed E-state index contributed by atoms with van der Waals surface area (Å²) in [5.41, 5.74) is 1.81. The largest absolute Gasteiger partial charge is 0.451 e. The summed E-state index contributed by atoms with van der Waals surface area (Å²) in [7, 11) is -2.03. The summed E-state index contributed by atoms with van der Waals surface area (Å²) in [6.45, 7) is 17.1. The van der Waals surface area contributed by atoms with E-state index in [4.69, 9.17) is 9.16 Å². The minimum Gasteiger partial charge on any atom is -0.451 e. The van der Waals surface area contributed by atoms with Gasteiger partial charge in [-0.1, -0.05) is 81.4 Å².